The molecule has 0 atom stereocenters. The molecule has 0 bridgehead atoms. The van der Waals surface area contributed by atoms with Gasteiger partial charge in [-0.2, -0.15) is 0 Å². The van der Waals surface area contributed by atoms with Gasteiger partial charge >= 0.3 is 0 Å². The molecule has 0 heterocycles. The molecule has 1 N–H and O–H groups in total. The van der Waals surface area contributed by atoms with Crippen molar-refractivity contribution in [3.05, 3.63) is 35.6 Å². The van der Waals surface area contributed by atoms with Crippen LogP contribution >= 0.6 is 0 Å². The number of carbonyl (C=O) groups is 2. The zero-order chi connectivity index (χ0) is 17.2. The molecular formula is C17H26FN3O2. The van der Waals surface area contributed by atoms with E-state index in [2.05, 4.69) is 10.2 Å². The maximum Gasteiger partial charge on any atom is 0.224 e. The first kappa shape index (κ1) is 19.1. The maximum atomic E-state index is 13.1. The summed E-state index contributed by atoms with van der Waals surface area (Å²) in [6.07, 6.45) is 1.03. The highest BCUT2D eigenvalue weighted by molar-refractivity contribution is 5.78. The van der Waals surface area contributed by atoms with Crippen LogP contribution in [0.2, 0.25) is 0 Å². The zero-order valence-electron chi connectivity index (χ0n) is 14.1. The average Bonchev–Trinajstić information content (AvgIpc) is 2.45. The van der Waals surface area contributed by atoms with Gasteiger partial charge in [0, 0.05) is 26.6 Å². The van der Waals surface area contributed by atoms with Crippen LogP contribution in [-0.4, -0.2) is 61.9 Å². The molecule has 0 unspecified atom stereocenters. The van der Waals surface area contributed by atoms with Crippen LogP contribution < -0.4 is 5.32 Å². The normalized spacial score (nSPS) is 10.7. The van der Waals surface area contributed by atoms with Crippen LogP contribution in [0.15, 0.2) is 24.3 Å². The lowest BCUT2D eigenvalue weighted by Crippen LogP contribution is -2.39. The van der Waals surface area contributed by atoms with Gasteiger partial charge in [0.15, 0.2) is 0 Å². The first-order valence-electron chi connectivity index (χ1n) is 7.80. The Morgan fingerprint density at radius 2 is 1.91 bits per heavy atom. The summed E-state index contributed by atoms with van der Waals surface area (Å²) in [4.78, 5) is 27.2. The van der Waals surface area contributed by atoms with Crippen molar-refractivity contribution in [2.24, 2.45) is 0 Å². The summed E-state index contributed by atoms with van der Waals surface area (Å²) in [6, 6.07) is 5.99. The van der Waals surface area contributed by atoms with Crippen LogP contribution in [0, 0.1) is 5.82 Å². The van der Waals surface area contributed by atoms with E-state index in [9.17, 15) is 14.0 Å². The van der Waals surface area contributed by atoms with Crippen LogP contribution in [0.3, 0.4) is 0 Å². The number of hydrogen-bond donors (Lipinski definition) is 1. The summed E-state index contributed by atoms with van der Waals surface area (Å²) in [5.74, 6) is -0.519. The Balaban J connectivity index is 2.32. The fraction of sp³-hybridized carbons (Fsp3) is 0.529. The Hall–Kier alpha value is -1.95. The second kappa shape index (κ2) is 9.94. The summed E-state index contributed by atoms with van der Waals surface area (Å²) in [6.45, 7) is 4.00. The summed E-state index contributed by atoms with van der Waals surface area (Å²) in [5.41, 5.74) is 0.636. The fourth-order valence-corrected chi connectivity index (χ4v) is 2.23. The molecule has 0 aliphatic carbocycles. The van der Waals surface area contributed by atoms with E-state index in [-0.39, 0.29) is 24.1 Å². The Kier molecular flexibility index (Phi) is 8.26. The molecule has 0 saturated heterocycles. The molecule has 5 nitrogen and oxygen atoms in total. The van der Waals surface area contributed by atoms with E-state index in [1.54, 1.807) is 17.0 Å². The summed E-state index contributed by atoms with van der Waals surface area (Å²) in [7, 11) is 3.98. The molecule has 0 radical (unpaired) electrons. The topological polar surface area (TPSA) is 52.7 Å². The second-order valence-electron chi connectivity index (χ2n) is 5.82. The maximum absolute atomic E-state index is 13.1. The van der Waals surface area contributed by atoms with Gasteiger partial charge < -0.3 is 15.1 Å². The molecule has 0 spiro atoms. The average molecular weight is 323 g/mol. The summed E-state index contributed by atoms with van der Waals surface area (Å²) in [5, 5.41) is 2.77. The lowest BCUT2D eigenvalue weighted by Gasteiger charge is -2.22. The van der Waals surface area contributed by atoms with Crippen LogP contribution in [0.5, 0.6) is 0 Å². The molecule has 23 heavy (non-hydrogen) atoms. The van der Waals surface area contributed by atoms with Gasteiger partial charge in [-0.25, -0.2) is 4.39 Å². The van der Waals surface area contributed by atoms with Gasteiger partial charge in [0.1, 0.15) is 5.82 Å². The molecule has 6 heteroatoms. The number of carbonyl (C=O) groups excluding carboxylic acids is 2. The smallest absolute Gasteiger partial charge is 0.224 e. The van der Waals surface area contributed by atoms with Crippen molar-refractivity contribution in [3.63, 3.8) is 0 Å². The number of rotatable bonds is 9. The van der Waals surface area contributed by atoms with Gasteiger partial charge in [-0.05, 0) is 44.8 Å². The van der Waals surface area contributed by atoms with Crippen molar-refractivity contribution in [1.82, 2.24) is 15.1 Å². The number of hydrogen-bond acceptors (Lipinski definition) is 3. The minimum atomic E-state index is -0.348. The molecule has 0 saturated carbocycles. The third kappa shape index (κ3) is 8.30. The first-order chi connectivity index (χ1) is 10.9. The van der Waals surface area contributed by atoms with Crippen LogP contribution in [0.1, 0.15) is 18.9 Å². The van der Waals surface area contributed by atoms with Crippen LogP contribution in [0.25, 0.3) is 0 Å². The highest BCUT2D eigenvalue weighted by atomic mass is 19.1. The van der Waals surface area contributed by atoms with E-state index in [0.29, 0.717) is 25.2 Å². The highest BCUT2D eigenvalue weighted by Gasteiger charge is 2.09. The zero-order valence-corrected chi connectivity index (χ0v) is 14.1. The van der Waals surface area contributed by atoms with E-state index in [1.807, 2.05) is 14.1 Å². The lowest BCUT2D eigenvalue weighted by atomic mass is 10.1. The molecule has 128 valence electrons. The molecule has 0 fully saturated rings. The lowest BCUT2D eigenvalue weighted by molar-refractivity contribution is -0.129. The van der Waals surface area contributed by atoms with Crippen LogP contribution in [-0.2, 0) is 16.0 Å². The SMILES string of the molecule is CC(=O)N(CCCN(C)C)CCNC(=O)Cc1cccc(F)c1. The molecule has 0 aromatic heterocycles. The standard InChI is InChI=1S/C17H26FN3O2/c1-14(22)21(10-5-9-20(2)3)11-8-19-17(23)13-15-6-4-7-16(18)12-15/h4,6-7,12H,5,8-11,13H2,1-3H3,(H,19,23). The Bertz CT molecular complexity index is 520. The summed E-state index contributed by atoms with van der Waals surface area (Å²) >= 11 is 0. The van der Waals surface area contributed by atoms with Gasteiger partial charge in [-0.15, -0.1) is 0 Å². The van der Waals surface area contributed by atoms with Crippen molar-refractivity contribution in [2.75, 3.05) is 40.3 Å². The van der Waals surface area contributed by atoms with E-state index in [0.717, 1.165) is 13.0 Å². The Morgan fingerprint density at radius 3 is 2.52 bits per heavy atom. The van der Waals surface area contributed by atoms with E-state index in [4.69, 9.17) is 0 Å². The minimum absolute atomic E-state index is 0.00290. The number of nitrogens with one attached hydrogen (secondary N) is 1. The van der Waals surface area contributed by atoms with Crippen molar-refractivity contribution in [1.29, 1.82) is 0 Å². The third-order valence-electron chi connectivity index (χ3n) is 3.44. The second-order valence-corrected chi connectivity index (χ2v) is 5.82. The van der Waals surface area contributed by atoms with Gasteiger partial charge in [0.25, 0.3) is 0 Å². The molecule has 1 aromatic rings. The van der Waals surface area contributed by atoms with E-state index >= 15 is 0 Å². The summed E-state index contributed by atoms with van der Waals surface area (Å²) < 4.78 is 13.1. The quantitative estimate of drug-likeness (QED) is 0.745. The predicted molar refractivity (Wildman–Crippen MR) is 88.5 cm³/mol. The van der Waals surface area contributed by atoms with Crippen molar-refractivity contribution >= 4 is 11.8 Å². The van der Waals surface area contributed by atoms with Gasteiger partial charge in [0.05, 0.1) is 6.42 Å². The van der Waals surface area contributed by atoms with Crippen molar-refractivity contribution in [2.45, 2.75) is 19.8 Å². The molecule has 0 aliphatic rings. The van der Waals surface area contributed by atoms with Gasteiger partial charge in [0.2, 0.25) is 11.8 Å². The number of amides is 2. The minimum Gasteiger partial charge on any atom is -0.354 e. The third-order valence-corrected chi connectivity index (χ3v) is 3.44. The van der Waals surface area contributed by atoms with Crippen molar-refractivity contribution in [3.8, 4) is 0 Å². The monoisotopic (exact) mass is 323 g/mol. The van der Waals surface area contributed by atoms with Gasteiger partial charge in [-0.1, -0.05) is 12.1 Å². The number of halogens is 1. The molecule has 2 amide bonds. The highest BCUT2D eigenvalue weighted by Crippen LogP contribution is 2.04. The first-order valence-corrected chi connectivity index (χ1v) is 7.80. The van der Waals surface area contributed by atoms with E-state index < -0.39 is 0 Å². The molecule has 0 aliphatic heterocycles. The van der Waals surface area contributed by atoms with E-state index in [1.165, 1.54) is 19.1 Å². The number of nitrogens with zero attached hydrogens (tertiary/aromatic N) is 2. The fourth-order valence-electron chi connectivity index (χ4n) is 2.23. The Morgan fingerprint density at radius 1 is 1.17 bits per heavy atom. The Labute approximate surface area is 137 Å². The largest absolute Gasteiger partial charge is 0.354 e. The predicted octanol–water partition coefficient (Wildman–Crippen LogP) is 1.28. The molecular weight excluding hydrogens is 297 g/mol. The van der Waals surface area contributed by atoms with Crippen LogP contribution in [0.4, 0.5) is 4.39 Å². The molecule has 1 rings (SSSR count). The molecule has 1 aromatic carbocycles. The van der Waals surface area contributed by atoms with Gasteiger partial charge in [-0.3, -0.25) is 9.59 Å². The number of benzene rings is 1. The van der Waals surface area contributed by atoms with Crippen molar-refractivity contribution < 1.29 is 14.0 Å².